The lowest BCUT2D eigenvalue weighted by Crippen LogP contribution is -2.50. The predicted molar refractivity (Wildman–Crippen MR) is 70.5 cm³/mol. The standard InChI is InChI=1S/C11H16N6O2S/c1-8-11(9(2)15(3)13-8)20(18,19)16-6-10(7-16)17-5-4-12-14-17/h4-5,10H,6-7H2,1-3H3. The molecule has 2 aromatic heterocycles. The van der Waals surface area contributed by atoms with Gasteiger partial charge in [-0.3, -0.25) is 4.68 Å². The van der Waals surface area contributed by atoms with Gasteiger partial charge in [-0.05, 0) is 13.8 Å². The fourth-order valence-electron chi connectivity index (χ4n) is 2.45. The van der Waals surface area contributed by atoms with Gasteiger partial charge >= 0.3 is 0 Å². The average Bonchev–Trinajstić information content (AvgIpc) is 2.86. The zero-order valence-corrected chi connectivity index (χ0v) is 12.4. The molecule has 9 heteroatoms. The summed E-state index contributed by atoms with van der Waals surface area (Å²) in [6, 6.07) is 0.0598. The van der Waals surface area contributed by atoms with Crippen molar-refractivity contribution < 1.29 is 8.42 Å². The van der Waals surface area contributed by atoms with Crippen molar-refractivity contribution in [2.75, 3.05) is 13.1 Å². The van der Waals surface area contributed by atoms with Crippen LogP contribution >= 0.6 is 0 Å². The maximum atomic E-state index is 12.6. The number of aromatic nitrogens is 5. The molecular weight excluding hydrogens is 280 g/mol. The smallest absolute Gasteiger partial charge is 0.246 e. The molecule has 1 aliphatic rings. The lowest BCUT2D eigenvalue weighted by molar-refractivity contribution is 0.188. The Hall–Kier alpha value is -1.74. The van der Waals surface area contributed by atoms with Gasteiger partial charge in [0.15, 0.2) is 0 Å². The quantitative estimate of drug-likeness (QED) is 0.788. The van der Waals surface area contributed by atoms with Gasteiger partial charge in [0.05, 0.1) is 23.6 Å². The van der Waals surface area contributed by atoms with Crippen LogP contribution in [0.5, 0.6) is 0 Å². The van der Waals surface area contributed by atoms with Crippen molar-refractivity contribution in [1.29, 1.82) is 0 Å². The van der Waals surface area contributed by atoms with E-state index in [1.54, 1.807) is 42.7 Å². The van der Waals surface area contributed by atoms with Gasteiger partial charge in [-0.15, -0.1) is 5.10 Å². The third-order valence-corrected chi connectivity index (χ3v) is 5.77. The zero-order chi connectivity index (χ0) is 14.5. The van der Waals surface area contributed by atoms with Crippen molar-refractivity contribution in [3.63, 3.8) is 0 Å². The van der Waals surface area contributed by atoms with Crippen molar-refractivity contribution in [2.45, 2.75) is 24.8 Å². The summed E-state index contributed by atoms with van der Waals surface area (Å²) in [5.41, 5.74) is 1.20. The first kappa shape index (κ1) is 13.3. The van der Waals surface area contributed by atoms with Crippen LogP contribution in [0.4, 0.5) is 0 Å². The molecule has 0 bridgehead atoms. The van der Waals surface area contributed by atoms with Gasteiger partial charge in [0.25, 0.3) is 0 Å². The second kappa shape index (κ2) is 4.38. The van der Waals surface area contributed by atoms with Crippen LogP contribution in [0.15, 0.2) is 17.3 Å². The number of hydrogen-bond donors (Lipinski definition) is 0. The molecule has 0 aliphatic carbocycles. The summed E-state index contributed by atoms with van der Waals surface area (Å²) in [5, 5.41) is 11.8. The number of sulfonamides is 1. The molecule has 2 aromatic rings. The highest BCUT2D eigenvalue weighted by molar-refractivity contribution is 7.89. The van der Waals surface area contributed by atoms with Crippen molar-refractivity contribution in [3.8, 4) is 0 Å². The van der Waals surface area contributed by atoms with Crippen molar-refractivity contribution in [3.05, 3.63) is 23.8 Å². The van der Waals surface area contributed by atoms with Crippen LogP contribution in [0.2, 0.25) is 0 Å². The molecule has 0 amide bonds. The van der Waals surface area contributed by atoms with Crippen LogP contribution in [-0.2, 0) is 17.1 Å². The molecule has 3 heterocycles. The largest absolute Gasteiger partial charge is 0.271 e. The number of aryl methyl sites for hydroxylation is 2. The van der Waals surface area contributed by atoms with Crippen LogP contribution in [0.25, 0.3) is 0 Å². The summed E-state index contributed by atoms with van der Waals surface area (Å²) in [4.78, 5) is 0.317. The average molecular weight is 296 g/mol. The van der Waals surface area contributed by atoms with Crippen LogP contribution < -0.4 is 0 Å². The van der Waals surface area contributed by atoms with Crippen LogP contribution in [0.3, 0.4) is 0 Å². The normalized spacial score (nSPS) is 17.4. The lowest BCUT2D eigenvalue weighted by Gasteiger charge is -2.37. The van der Waals surface area contributed by atoms with E-state index in [1.807, 2.05) is 0 Å². The van der Waals surface area contributed by atoms with E-state index in [4.69, 9.17) is 0 Å². The Morgan fingerprint density at radius 3 is 2.50 bits per heavy atom. The molecule has 0 atom stereocenters. The SMILES string of the molecule is Cc1nn(C)c(C)c1S(=O)(=O)N1CC(n2ccnn2)C1. The summed E-state index contributed by atoms with van der Waals surface area (Å²) in [6.45, 7) is 4.31. The Morgan fingerprint density at radius 1 is 1.30 bits per heavy atom. The van der Waals surface area contributed by atoms with Crippen molar-refractivity contribution in [2.24, 2.45) is 7.05 Å². The van der Waals surface area contributed by atoms with Gasteiger partial charge in [0.2, 0.25) is 10.0 Å². The lowest BCUT2D eigenvalue weighted by atomic mass is 10.2. The molecule has 3 rings (SSSR count). The molecule has 108 valence electrons. The maximum absolute atomic E-state index is 12.6. The highest BCUT2D eigenvalue weighted by Gasteiger charge is 2.40. The van der Waals surface area contributed by atoms with Crippen molar-refractivity contribution in [1.82, 2.24) is 29.1 Å². The molecule has 0 saturated carbocycles. The molecule has 8 nitrogen and oxygen atoms in total. The first-order valence-corrected chi connectivity index (χ1v) is 7.71. The molecule has 0 N–H and O–H groups in total. The minimum Gasteiger partial charge on any atom is -0.271 e. The fraction of sp³-hybridized carbons (Fsp3) is 0.545. The summed E-state index contributed by atoms with van der Waals surface area (Å²) in [7, 11) is -1.73. The minimum atomic E-state index is -3.48. The van der Waals surface area contributed by atoms with Gasteiger partial charge < -0.3 is 0 Å². The Labute approximate surface area is 117 Å². The predicted octanol–water partition coefficient (Wildman–Crippen LogP) is -0.126. The number of rotatable bonds is 3. The number of hydrogen-bond acceptors (Lipinski definition) is 5. The van der Waals surface area contributed by atoms with Crippen molar-refractivity contribution >= 4 is 10.0 Å². The Balaban J connectivity index is 1.84. The molecule has 20 heavy (non-hydrogen) atoms. The summed E-state index contributed by atoms with van der Waals surface area (Å²) < 4.78 is 30.0. The fourth-order valence-corrected chi connectivity index (χ4v) is 4.36. The van der Waals surface area contributed by atoms with Crippen LogP contribution in [-0.4, -0.2) is 50.6 Å². The molecule has 1 aliphatic heterocycles. The van der Waals surface area contributed by atoms with E-state index in [9.17, 15) is 8.42 Å². The van der Waals surface area contributed by atoms with Gasteiger partial charge in [0.1, 0.15) is 4.90 Å². The second-order valence-corrected chi connectivity index (χ2v) is 6.86. The topological polar surface area (TPSA) is 85.9 Å². The van der Waals surface area contributed by atoms with E-state index in [-0.39, 0.29) is 6.04 Å². The molecule has 0 radical (unpaired) electrons. The summed E-state index contributed by atoms with van der Waals surface area (Å²) >= 11 is 0. The van der Waals surface area contributed by atoms with Crippen LogP contribution in [0, 0.1) is 13.8 Å². The minimum absolute atomic E-state index is 0.0598. The molecule has 0 aromatic carbocycles. The van der Waals surface area contributed by atoms with E-state index in [0.717, 1.165) is 0 Å². The number of nitrogens with zero attached hydrogens (tertiary/aromatic N) is 6. The van der Waals surface area contributed by atoms with E-state index in [1.165, 1.54) is 4.31 Å². The van der Waals surface area contributed by atoms with E-state index in [2.05, 4.69) is 15.4 Å². The van der Waals surface area contributed by atoms with Crippen LogP contribution in [0.1, 0.15) is 17.4 Å². The third-order valence-electron chi connectivity index (χ3n) is 3.68. The summed E-state index contributed by atoms with van der Waals surface area (Å²) in [5.74, 6) is 0. The first-order chi connectivity index (χ1) is 9.41. The first-order valence-electron chi connectivity index (χ1n) is 6.27. The molecule has 0 spiro atoms. The highest BCUT2D eigenvalue weighted by atomic mass is 32.2. The highest BCUT2D eigenvalue weighted by Crippen LogP contribution is 2.30. The van der Waals surface area contributed by atoms with E-state index in [0.29, 0.717) is 29.4 Å². The Morgan fingerprint density at radius 2 is 2.00 bits per heavy atom. The second-order valence-electron chi connectivity index (χ2n) is 4.98. The van der Waals surface area contributed by atoms with Gasteiger partial charge in [-0.1, -0.05) is 5.21 Å². The maximum Gasteiger partial charge on any atom is 0.246 e. The van der Waals surface area contributed by atoms with E-state index >= 15 is 0 Å². The molecular formula is C11H16N6O2S. The Kier molecular flexibility index (Phi) is 2.91. The Bertz CT molecular complexity index is 727. The van der Waals surface area contributed by atoms with E-state index < -0.39 is 10.0 Å². The molecule has 1 fully saturated rings. The third kappa shape index (κ3) is 1.85. The van der Waals surface area contributed by atoms with Gasteiger partial charge in [-0.2, -0.15) is 9.40 Å². The van der Waals surface area contributed by atoms with Gasteiger partial charge in [-0.25, -0.2) is 13.1 Å². The zero-order valence-electron chi connectivity index (χ0n) is 11.6. The summed E-state index contributed by atoms with van der Waals surface area (Å²) in [6.07, 6.45) is 3.34. The molecule has 1 saturated heterocycles. The molecule has 0 unspecified atom stereocenters. The van der Waals surface area contributed by atoms with Gasteiger partial charge in [0, 0.05) is 26.3 Å². The monoisotopic (exact) mass is 296 g/mol.